The lowest BCUT2D eigenvalue weighted by atomic mass is 10.1. The molecular formula is C10H18N2O. The summed E-state index contributed by atoms with van der Waals surface area (Å²) in [6, 6.07) is 2.22. The van der Waals surface area contributed by atoms with E-state index in [1.165, 1.54) is 12.8 Å². The van der Waals surface area contributed by atoms with Crippen LogP contribution in [0.2, 0.25) is 0 Å². The zero-order valence-corrected chi connectivity index (χ0v) is 8.47. The molecule has 3 heteroatoms. The number of likely N-dealkylation sites (N-methyl/N-ethyl adjacent to an activating group) is 1. The molecule has 3 nitrogen and oxygen atoms in total. The maximum atomic E-state index is 8.87. The number of nitrogens with one attached hydrogen (secondary N) is 1. The molecule has 13 heavy (non-hydrogen) atoms. The van der Waals surface area contributed by atoms with Crippen LogP contribution in [-0.2, 0) is 4.74 Å². The van der Waals surface area contributed by atoms with Gasteiger partial charge >= 0.3 is 0 Å². The summed E-state index contributed by atoms with van der Waals surface area (Å²) in [6.07, 6.45) is 5.25. The first-order chi connectivity index (χ1) is 6.20. The van der Waals surface area contributed by atoms with Gasteiger partial charge in [-0.2, -0.15) is 5.26 Å². The molecule has 1 saturated carbocycles. The van der Waals surface area contributed by atoms with Crippen LogP contribution in [0.25, 0.3) is 0 Å². The highest BCUT2D eigenvalue weighted by Crippen LogP contribution is 2.21. The summed E-state index contributed by atoms with van der Waals surface area (Å²) < 4.78 is 5.66. The smallest absolute Gasteiger partial charge is 0.127 e. The van der Waals surface area contributed by atoms with Crippen LogP contribution in [0.1, 0.15) is 32.6 Å². The van der Waals surface area contributed by atoms with Gasteiger partial charge in [-0.3, -0.25) is 0 Å². The molecule has 1 aliphatic carbocycles. The molecule has 1 rings (SSSR count). The summed E-state index contributed by atoms with van der Waals surface area (Å²) in [5, 5.41) is 11.8. The minimum absolute atomic E-state index is 0.390. The third-order valence-corrected chi connectivity index (χ3v) is 2.71. The van der Waals surface area contributed by atoms with E-state index < -0.39 is 5.54 Å². The van der Waals surface area contributed by atoms with Crippen molar-refractivity contribution in [1.82, 2.24) is 5.32 Å². The molecule has 0 spiro atoms. The zero-order valence-electron chi connectivity index (χ0n) is 8.47. The zero-order chi connectivity index (χ0) is 9.73. The normalized spacial score (nSPS) is 22.5. The van der Waals surface area contributed by atoms with Crippen LogP contribution in [0.4, 0.5) is 0 Å². The number of ether oxygens (including phenoxy) is 1. The third kappa shape index (κ3) is 2.98. The largest absolute Gasteiger partial charge is 0.375 e. The van der Waals surface area contributed by atoms with Crippen molar-refractivity contribution in [1.29, 1.82) is 5.26 Å². The first-order valence-corrected chi connectivity index (χ1v) is 4.92. The molecule has 1 unspecified atom stereocenters. The Bertz CT molecular complexity index is 194. The molecule has 0 aromatic heterocycles. The van der Waals surface area contributed by atoms with E-state index in [0.29, 0.717) is 12.7 Å². The van der Waals surface area contributed by atoms with Gasteiger partial charge < -0.3 is 10.1 Å². The van der Waals surface area contributed by atoms with Gasteiger partial charge in [-0.25, -0.2) is 0 Å². The lowest BCUT2D eigenvalue weighted by molar-refractivity contribution is 0.0332. The molecule has 0 radical (unpaired) electrons. The van der Waals surface area contributed by atoms with E-state index in [2.05, 4.69) is 11.4 Å². The van der Waals surface area contributed by atoms with Gasteiger partial charge in [-0.15, -0.1) is 0 Å². The second kappa shape index (κ2) is 4.59. The highest BCUT2D eigenvalue weighted by atomic mass is 16.5. The highest BCUT2D eigenvalue weighted by molar-refractivity contribution is 5.03. The molecule has 0 aromatic carbocycles. The van der Waals surface area contributed by atoms with Gasteiger partial charge in [0.1, 0.15) is 5.54 Å². The van der Waals surface area contributed by atoms with E-state index in [4.69, 9.17) is 10.00 Å². The van der Waals surface area contributed by atoms with Gasteiger partial charge in [0.25, 0.3) is 0 Å². The van der Waals surface area contributed by atoms with Gasteiger partial charge in [0, 0.05) is 0 Å². The summed E-state index contributed by atoms with van der Waals surface area (Å²) in [5.74, 6) is 0. The molecule has 1 N–H and O–H groups in total. The first kappa shape index (κ1) is 10.5. The topological polar surface area (TPSA) is 45.0 Å². The number of hydrogen-bond donors (Lipinski definition) is 1. The molecular weight excluding hydrogens is 164 g/mol. The van der Waals surface area contributed by atoms with Crippen molar-refractivity contribution >= 4 is 0 Å². The predicted octanol–water partition coefficient (Wildman–Crippen LogP) is 1.45. The van der Waals surface area contributed by atoms with E-state index in [1.54, 1.807) is 7.05 Å². The monoisotopic (exact) mass is 182 g/mol. The average Bonchev–Trinajstić information content (AvgIpc) is 2.67. The summed E-state index contributed by atoms with van der Waals surface area (Å²) in [4.78, 5) is 0. The van der Waals surface area contributed by atoms with Crippen molar-refractivity contribution in [3.8, 4) is 6.07 Å². The molecule has 0 heterocycles. The summed E-state index contributed by atoms with van der Waals surface area (Å²) in [7, 11) is 1.79. The molecule has 0 saturated heterocycles. The number of rotatable bonds is 4. The minimum Gasteiger partial charge on any atom is -0.375 e. The van der Waals surface area contributed by atoms with Gasteiger partial charge in [-0.05, 0) is 26.8 Å². The second-order valence-electron chi connectivity index (χ2n) is 3.91. The van der Waals surface area contributed by atoms with Crippen molar-refractivity contribution in [3.63, 3.8) is 0 Å². The SMILES string of the molecule is CNC(C)(C#N)COC1CCCC1. The summed E-state index contributed by atoms with van der Waals surface area (Å²) in [6.45, 7) is 2.35. The van der Waals surface area contributed by atoms with Crippen molar-refractivity contribution in [2.75, 3.05) is 13.7 Å². The Morgan fingerprint density at radius 2 is 2.15 bits per heavy atom. The van der Waals surface area contributed by atoms with Gasteiger partial charge in [0.05, 0.1) is 18.8 Å². The maximum Gasteiger partial charge on any atom is 0.127 e. The van der Waals surface area contributed by atoms with E-state index in [-0.39, 0.29) is 0 Å². The Morgan fingerprint density at radius 1 is 1.54 bits per heavy atom. The van der Waals surface area contributed by atoms with Crippen LogP contribution in [0.15, 0.2) is 0 Å². The number of nitrogens with zero attached hydrogens (tertiary/aromatic N) is 1. The lowest BCUT2D eigenvalue weighted by Gasteiger charge is -2.22. The molecule has 0 aliphatic heterocycles. The van der Waals surface area contributed by atoms with Crippen molar-refractivity contribution in [3.05, 3.63) is 0 Å². The highest BCUT2D eigenvalue weighted by Gasteiger charge is 2.24. The van der Waals surface area contributed by atoms with E-state index >= 15 is 0 Å². The van der Waals surface area contributed by atoms with Gasteiger partial charge in [-0.1, -0.05) is 12.8 Å². The van der Waals surface area contributed by atoms with Crippen LogP contribution in [0, 0.1) is 11.3 Å². The molecule has 1 fully saturated rings. The fraction of sp³-hybridized carbons (Fsp3) is 0.900. The Hall–Kier alpha value is -0.590. The van der Waals surface area contributed by atoms with Crippen molar-refractivity contribution in [2.24, 2.45) is 0 Å². The van der Waals surface area contributed by atoms with Crippen molar-refractivity contribution < 1.29 is 4.74 Å². The molecule has 0 amide bonds. The van der Waals surface area contributed by atoms with Crippen LogP contribution < -0.4 is 5.32 Å². The predicted molar refractivity (Wildman–Crippen MR) is 51.3 cm³/mol. The van der Waals surface area contributed by atoms with Gasteiger partial charge in [0.2, 0.25) is 0 Å². The Balaban J connectivity index is 2.27. The average molecular weight is 182 g/mol. The lowest BCUT2D eigenvalue weighted by Crippen LogP contribution is -2.43. The summed E-state index contributed by atoms with van der Waals surface area (Å²) >= 11 is 0. The van der Waals surface area contributed by atoms with E-state index in [1.807, 2.05) is 6.92 Å². The Morgan fingerprint density at radius 3 is 2.62 bits per heavy atom. The van der Waals surface area contributed by atoms with Crippen LogP contribution >= 0.6 is 0 Å². The fourth-order valence-corrected chi connectivity index (χ4v) is 1.50. The van der Waals surface area contributed by atoms with Crippen LogP contribution in [0.5, 0.6) is 0 Å². The first-order valence-electron chi connectivity index (χ1n) is 4.92. The van der Waals surface area contributed by atoms with Crippen LogP contribution in [0.3, 0.4) is 0 Å². The van der Waals surface area contributed by atoms with Gasteiger partial charge in [0.15, 0.2) is 0 Å². The standard InChI is InChI=1S/C10H18N2O/c1-10(7-11,12-2)8-13-9-5-3-4-6-9/h9,12H,3-6,8H2,1-2H3. The third-order valence-electron chi connectivity index (χ3n) is 2.71. The quantitative estimate of drug-likeness (QED) is 0.715. The molecule has 1 aliphatic rings. The Labute approximate surface area is 80.1 Å². The second-order valence-corrected chi connectivity index (χ2v) is 3.91. The summed E-state index contributed by atoms with van der Waals surface area (Å²) in [5.41, 5.74) is -0.525. The Kier molecular flexibility index (Phi) is 3.71. The maximum absolute atomic E-state index is 8.87. The van der Waals surface area contributed by atoms with Crippen molar-refractivity contribution in [2.45, 2.75) is 44.2 Å². The molecule has 0 aromatic rings. The van der Waals surface area contributed by atoms with E-state index in [9.17, 15) is 0 Å². The minimum atomic E-state index is -0.525. The fourth-order valence-electron chi connectivity index (χ4n) is 1.50. The van der Waals surface area contributed by atoms with E-state index in [0.717, 1.165) is 12.8 Å². The van der Waals surface area contributed by atoms with Crippen LogP contribution in [-0.4, -0.2) is 25.3 Å². The molecule has 1 atom stereocenters. The molecule has 0 bridgehead atoms. The number of hydrogen-bond acceptors (Lipinski definition) is 3. The molecule has 74 valence electrons. The number of nitriles is 1.